The summed E-state index contributed by atoms with van der Waals surface area (Å²) in [6.07, 6.45) is 0. The molecule has 0 radical (unpaired) electrons. The van der Waals surface area contributed by atoms with Crippen LogP contribution >= 0.6 is 11.3 Å². The van der Waals surface area contributed by atoms with E-state index in [0.717, 1.165) is 44.3 Å². The molecule has 0 bridgehead atoms. The number of hydrogen-bond donors (Lipinski definition) is 0. The van der Waals surface area contributed by atoms with Crippen LogP contribution in [0.15, 0.2) is 164 Å². The van der Waals surface area contributed by atoms with Gasteiger partial charge < -0.3 is 0 Å². The summed E-state index contributed by atoms with van der Waals surface area (Å²) in [5.41, 5.74) is 7.42. The van der Waals surface area contributed by atoms with E-state index in [1.54, 1.807) is 11.3 Å². The van der Waals surface area contributed by atoms with Gasteiger partial charge in [0.05, 0.1) is 0 Å². The van der Waals surface area contributed by atoms with Gasteiger partial charge in [-0.1, -0.05) is 127 Å². The molecular formula is C43H27N3S. The second kappa shape index (κ2) is 11.4. The van der Waals surface area contributed by atoms with E-state index in [0.29, 0.717) is 17.5 Å². The largest absolute Gasteiger partial charge is 0.208 e. The van der Waals surface area contributed by atoms with Crippen LogP contribution in [0.1, 0.15) is 0 Å². The van der Waals surface area contributed by atoms with Crippen molar-refractivity contribution >= 4 is 42.3 Å². The Morgan fingerprint density at radius 2 is 0.915 bits per heavy atom. The van der Waals surface area contributed by atoms with Crippen molar-refractivity contribution in [3.8, 4) is 56.4 Å². The van der Waals surface area contributed by atoms with Gasteiger partial charge in [-0.15, -0.1) is 11.3 Å². The minimum absolute atomic E-state index is 0.643. The van der Waals surface area contributed by atoms with Crippen LogP contribution in [0.3, 0.4) is 0 Å². The van der Waals surface area contributed by atoms with E-state index >= 15 is 0 Å². The molecule has 0 atom stereocenters. The summed E-state index contributed by atoms with van der Waals surface area (Å²) in [5.74, 6) is 1.96. The highest BCUT2D eigenvalue weighted by Crippen LogP contribution is 2.40. The molecule has 0 amide bonds. The van der Waals surface area contributed by atoms with Gasteiger partial charge in [0.2, 0.25) is 0 Å². The molecule has 0 spiro atoms. The minimum atomic E-state index is 0.643. The maximum Gasteiger partial charge on any atom is 0.164 e. The maximum atomic E-state index is 5.25. The van der Waals surface area contributed by atoms with Crippen LogP contribution in [0.25, 0.3) is 87.4 Å². The average molecular weight is 618 g/mol. The van der Waals surface area contributed by atoms with E-state index in [1.807, 2.05) is 12.1 Å². The summed E-state index contributed by atoms with van der Waals surface area (Å²) in [6.45, 7) is 0. The van der Waals surface area contributed by atoms with Crippen molar-refractivity contribution in [3.05, 3.63) is 164 Å². The Balaban J connectivity index is 1.32. The van der Waals surface area contributed by atoms with E-state index in [-0.39, 0.29) is 0 Å². The molecule has 0 fully saturated rings. The number of fused-ring (bicyclic) bond motifs is 4. The lowest BCUT2D eigenvalue weighted by atomic mass is 9.96. The third-order valence-corrected chi connectivity index (χ3v) is 9.83. The molecule has 0 N–H and O–H groups in total. The summed E-state index contributed by atoms with van der Waals surface area (Å²) >= 11 is 1.80. The van der Waals surface area contributed by atoms with Gasteiger partial charge in [-0.3, -0.25) is 0 Å². The zero-order valence-corrected chi connectivity index (χ0v) is 26.2. The molecule has 0 saturated heterocycles. The van der Waals surface area contributed by atoms with Gasteiger partial charge >= 0.3 is 0 Å². The first-order valence-electron chi connectivity index (χ1n) is 15.7. The Bertz CT molecular complexity index is 2510. The molecule has 47 heavy (non-hydrogen) atoms. The van der Waals surface area contributed by atoms with Gasteiger partial charge in [0, 0.05) is 36.9 Å². The summed E-state index contributed by atoms with van der Waals surface area (Å²) in [6, 6.07) is 57.5. The van der Waals surface area contributed by atoms with Crippen molar-refractivity contribution in [2.45, 2.75) is 0 Å². The van der Waals surface area contributed by atoms with Crippen molar-refractivity contribution in [1.82, 2.24) is 15.0 Å². The van der Waals surface area contributed by atoms with Gasteiger partial charge in [0.15, 0.2) is 17.5 Å². The van der Waals surface area contributed by atoms with Crippen LogP contribution in [0.5, 0.6) is 0 Å². The second-order valence-electron chi connectivity index (χ2n) is 11.7. The lowest BCUT2D eigenvalue weighted by Crippen LogP contribution is -2.01. The molecule has 220 valence electrons. The molecule has 0 aliphatic rings. The third kappa shape index (κ3) is 5.05. The van der Waals surface area contributed by atoms with Crippen LogP contribution in [-0.2, 0) is 0 Å². The van der Waals surface area contributed by atoms with Crippen molar-refractivity contribution in [2.24, 2.45) is 0 Å². The van der Waals surface area contributed by atoms with E-state index in [4.69, 9.17) is 15.0 Å². The van der Waals surface area contributed by atoms with Crippen molar-refractivity contribution < 1.29 is 0 Å². The molecule has 3 nitrogen and oxygen atoms in total. The number of hydrogen-bond acceptors (Lipinski definition) is 4. The number of nitrogens with zero attached hydrogens (tertiary/aromatic N) is 3. The predicted molar refractivity (Wildman–Crippen MR) is 197 cm³/mol. The second-order valence-corrected chi connectivity index (χ2v) is 12.8. The highest BCUT2D eigenvalue weighted by atomic mass is 32.1. The summed E-state index contributed by atoms with van der Waals surface area (Å²) in [7, 11) is 0. The quantitative estimate of drug-likeness (QED) is 0.193. The Hall–Kier alpha value is -5.97. The minimum Gasteiger partial charge on any atom is -0.208 e. The number of rotatable bonds is 5. The van der Waals surface area contributed by atoms with E-state index in [1.165, 1.54) is 25.6 Å². The first-order chi connectivity index (χ1) is 23.3. The van der Waals surface area contributed by atoms with Gasteiger partial charge in [-0.2, -0.15) is 0 Å². The normalized spacial score (nSPS) is 11.4. The Morgan fingerprint density at radius 3 is 1.66 bits per heavy atom. The molecule has 0 unspecified atom stereocenters. The smallest absolute Gasteiger partial charge is 0.164 e. The van der Waals surface area contributed by atoms with Crippen molar-refractivity contribution in [2.75, 3.05) is 0 Å². The van der Waals surface area contributed by atoms with E-state index in [9.17, 15) is 0 Å². The van der Waals surface area contributed by atoms with Crippen LogP contribution in [-0.4, -0.2) is 15.0 Å². The molecule has 0 aliphatic heterocycles. The Morgan fingerprint density at radius 1 is 0.340 bits per heavy atom. The predicted octanol–water partition coefficient (Wildman–Crippen LogP) is 11.7. The highest BCUT2D eigenvalue weighted by molar-refractivity contribution is 7.25. The summed E-state index contributed by atoms with van der Waals surface area (Å²) < 4.78 is 2.47. The molecule has 7 aromatic carbocycles. The Labute approximate surface area is 276 Å². The number of aromatic nitrogens is 3. The summed E-state index contributed by atoms with van der Waals surface area (Å²) in [4.78, 5) is 15.6. The van der Waals surface area contributed by atoms with Gasteiger partial charge in [-0.25, -0.2) is 15.0 Å². The zero-order chi connectivity index (χ0) is 31.2. The molecular weight excluding hydrogens is 591 g/mol. The standard InChI is InChI=1S/C43H27N3S/c1-3-12-28(13-4-1)33-25-34(29-14-5-2-6-15-29)27-35(26-33)42-44-41(32-23-22-30-16-7-8-17-31(30)24-32)45-43(46-42)37-19-11-21-39-40(37)36-18-9-10-20-38(36)47-39/h1-27H. The fourth-order valence-electron chi connectivity index (χ4n) is 6.40. The molecule has 0 saturated carbocycles. The lowest BCUT2D eigenvalue weighted by Gasteiger charge is -2.13. The topological polar surface area (TPSA) is 38.7 Å². The SMILES string of the molecule is c1ccc(-c2cc(-c3ccccc3)cc(-c3nc(-c4ccc5ccccc5c4)nc(-c4cccc5sc6ccccc6c45)n3)c2)cc1. The van der Waals surface area contributed by atoms with E-state index < -0.39 is 0 Å². The van der Waals surface area contributed by atoms with Gasteiger partial charge in [-0.05, 0) is 69.4 Å². The fourth-order valence-corrected chi connectivity index (χ4v) is 7.53. The molecule has 2 aromatic heterocycles. The van der Waals surface area contributed by atoms with Crippen LogP contribution < -0.4 is 0 Å². The van der Waals surface area contributed by atoms with Crippen molar-refractivity contribution in [3.63, 3.8) is 0 Å². The van der Waals surface area contributed by atoms with Crippen LogP contribution in [0.4, 0.5) is 0 Å². The van der Waals surface area contributed by atoms with Crippen LogP contribution in [0, 0.1) is 0 Å². The fraction of sp³-hybridized carbons (Fsp3) is 0. The van der Waals surface area contributed by atoms with Gasteiger partial charge in [0.25, 0.3) is 0 Å². The molecule has 0 aliphatic carbocycles. The lowest BCUT2D eigenvalue weighted by molar-refractivity contribution is 1.08. The van der Waals surface area contributed by atoms with Crippen molar-refractivity contribution in [1.29, 1.82) is 0 Å². The first-order valence-corrected chi connectivity index (χ1v) is 16.5. The monoisotopic (exact) mass is 617 g/mol. The average Bonchev–Trinajstić information content (AvgIpc) is 3.54. The maximum absolute atomic E-state index is 5.25. The molecule has 2 heterocycles. The molecule has 9 aromatic rings. The summed E-state index contributed by atoms with van der Waals surface area (Å²) in [5, 5.41) is 4.73. The number of thiophene rings is 1. The third-order valence-electron chi connectivity index (χ3n) is 8.69. The first kappa shape index (κ1) is 27.3. The highest BCUT2D eigenvalue weighted by Gasteiger charge is 2.18. The van der Waals surface area contributed by atoms with Crippen LogP contribution in [0.2, 0.25) is 0 Å². The zero-order valence-electron chi connectivity index (χ0n) is 25.3. The van der Waals surface area contributed by atoms with Gasteiger partial charge in [0.1, 0.15) is 0 Å². The molecule has 4 heteroatoms. The Kier molecular flexibility index (Phi) is 6.65. The number of benzene rings is 7. The molecule has 9 rings (SSSR count). The van der Waals surface area contributed by atoms with E-state index in [2.05, 4.69) is 152 Å².